The van der Waals surface area contributed by atoms with E-state index in [4.69, 9.17) is 51.9 Å². The van der Waals surface area contributed by atoms with Crippen LogP contribution in [0.25, 0.3) is 44.3 Å². The van der Waals surface area contributed by atoms with E-state index in [2.05, 4.69) is 92.0 Å². The van der Waals surface area contributed by atoms with E-state index in [1.807, 2.05) is 164 Å². The minimum Gasteiger partial charge on any atom is -0.397 e. The molecule has 0 aliphatic carbocycles. The summed E-state index contributed by atoms with van der Waals surface area (Å²) in [7, 11) is 2.01. The first kappa shape index (κ1) is 89.2. The number of halogens is 1. The number of benzene rings is 9. The highest BCUT2D eigenvalue weighted by molar-refractivity contribution is 7.13. The minimum absolute atomic E-state index is 0.201. The van der Waals surface area contributed by atoms with Crippen LogP contribution >= 0.6 is 11.3 Å². The van der Waals surface area contributed by atoms with Crippen LogP contribution in [0.15, 0.2) is 273 Å². The summed E-state index contributed by atoms with van der Waals surface area (Å²) in [6.45, 7) is 4.99. The molecule has 34 heteroatoms. The second-order valence-corrected chi connectivity index (χ2v) is 33.5. The lowest BCUT2D eigenvalue weighted by atomic mass is 9.73. The van der Waals surface area contributed by atoms with Gasteiger partial charge in [0, 0.05) is 118 Å². The molecule has 11 heterocycles. The number of nitrogens with zero attached hydrogens (tertiary/aromatic N) is 13. The first-order valence-corrected chi connectivity index (χ1v) is 44.2. The van der Waals surface area contributed by atoms with Crippen LogP contribution in [0.4, 0.5) is 49.9 Å². The Morgan fingerprint density at radius 3 is 1.23 bits per heavy atom. The second kappa shape index (κ2) is 40.5. The van der Waals surface area contributed by atoms with Crippen molar-refractivity contribution in [2.24, 2.45) is 7.05 Å². The number of rotatable bonds is 20. The predicted molar refractivity (Wildman–Crippen MR) is 505 cm³/mol. The van der Waals surface area contributed by atoms with Crippen LogP contribution in [-0.2, 0) is 47.7 Å². The van der Waals surface area contributed by atoms with Crippen LogP contribution in [0.1, 0.15) is 138 Å². The average Bonchev–Trinajstić information content (AvgIpc) is 1.77. The first-order valence-electron chi connectivity index (χ1n) is 43.3. The smallest absolute Gasteiger partial charge is 0.255 e. The van der Waals surface area contributed by atoms with Gasteiger partial charge in [-0.25, -0.2) is 14.4 Å². The highest BCUT2D eigenvalue weighted by Crippen LogP contribution is 2.46. The number of nitrogen functional groups attached to an aromatic ring is 4. The number of thiophene rings is 1. The summed E-state index contributed by atoms with van der Waals surface area (Å²) in [6.07, 6.45) is 20.0. The monoisotopic (exact) mass is 1800 g/mol. The Hall–Kier alpha value is -15.8. The number of H-pyrrole nitrogens is 3. The van der Waals surface area contributed by atoms with Crippen LogP contribution in [0.3, 0.4) is 0 Å². The van der Waals surface area contributed by atoms with Gasteiger partial charge in [0.25, 0.3) is 23.6 Å². The molecule has 0 radical (unpaired) electrons. The molecule has 16 aromatic rings. The van der Waals surface area contributed by atoms with Gasteiger partial charge in [-0.1, -0.05) is 114 Å². The minimum atomic E-state index is -0.409. The Morgan fingerprint density at radius 2 is 0.805 bits per heavy atom. The average molecular weight is 1800 g/mol. The van der Waals surface area contributed by atoms with Crippen molar-refractivity contribution in [2.45, 2.75) is 73.0 Å². The molecule has 133 heavy (non-hydrogen) atoms. The summed E-state index contributed by atoms with van der Waals surface area (Å²) >= 11 is 1.64. The van der Waals surface area contributed by atoms with Crippen molar-refractivity contribution in [1.29, 1.82) is 0 Å². The van der Waals surface area contributed by atoms with Gasteiger partial charge < -0.3 is 72.7 Å². The molecule has 4 aliphatic heterocycles. The maximum atomic E-state index is 13.3. The van der Waals surface area contributed by atoms with Crippen molar-refractivity contribution in [3.8, 4) is 44.3 Å². The van der Waals surface area contributed by atoms with Gasteiger partial charge in [-0.05, 0) is 211 Å². The van der Waals surface area contributed by atoms with E-state index in [1.165, 1.54) is 12.1 Å². The first-order chi connectivity index (χ1) is 64.9. The number of tetrazole rings is 2. The number of aromatic nitrogens is 16. The highest BCUT2D eigenvalue weighted by Gasteiger charge is 2.44. The second-order valence-electron chi connectivity index (χ2n) is 32.5. The van der Waals surface area contributed by atoms with Crippen LogP contribution in [0, 0.1) is 5.82 Å². The van der Waals surface area contributed by atoms with Gasteiger partial charge in [-0.3, -0.25) is 39.1 Å². The normalized spacial score (nSPS) is 15.2. The summed E-state index contributed by atoms with van der Waals surface area (Å²) in [4.78, 5) is 82.8. The Morgan fingerprint density at radius 1 is 0.406 bits per heavy atom. The highest BCUT2D eigenvalue weighted by atomic mass is 32.1. The molecule has 20 rings (SSSR count). The summed E-state index contributed by atoms with van der Waals surface area (Å²) in [6, 6.07) is 66.0. The fourth-order valence-corrected chi connectivity index (χ4v) is 18.0. The summed E-state index contributed by atoms with van der Waals surface area (Å²) in [5, 5.41) is 43.1. The lowest BCUT2D eigenvalue weighted by Gasteiger charge is -2.37. The topological polar surface area (TPSA) is 464 Å². The van der Waals surface area contributed by atoms with Gasteiger partial charge in [-0.15, -0.1) is 31.7 Å². The number of aryl methyl sites for hydroxylation is 1. The fraction of sp³-hybridized carbons (Fsp3) is 0.212. The molecular formula is C99H95FN24O8S. The molecule has 0 bridgehead atoms. The molecule has 4 fully saturated rings. The Labute approximate surface area is 767 Å². The van der Waals surface area contributed by atoms with Crippen molar-refractivity contribution in [1.82, 2.24) is 80.7 Å². The molecule has 4 amide bonds. The van der Waals surface area contributed by atoms with E-state index in [-0.39, 0.29) is 45.7 Å². The van der Waals surface area contributed by atoms with E-state index < -0.39 is 5.41 Å². The number of anilines is 8. The van der Waals surface area contributed by atoms with Gasteiger partial charge in [0.15, 0.2) is 11.6 Å². The van der Waals surface area contributed by atoms with Crippen LogP contribution < -0.4 is 44.2 Å². The zero-order valence-corrected chi connectivity index (χ0v) is 73.3. The standard InChI is InChI=1S/C26H26N6O2.C25H23FN6O2.C25H24N6O2.C23H22N6O2S/c1-32-17-23(22-16-28-12-13-29-22)31-25(32)26(10-14-34-15-11-26)19-8-6-18(7-9-19)24(33)30-21-5-3-2-4-20(21)27;26-20-8-3-16(4-9-20)18-5-10-21(27)22(15-18)28-23(33)17-1-6-19(7-2-17)25(11-13-34-14-12-25)24-29-31-32-30-24;26-19-3-1-2-4-20(19)30-23(32)17-5-7-18(8-6-17)25(9-13-33-14-10-25)24-29-16-22(31-24)21-15-27-11-12-28-21;24-18-8-5-16(20-2-1-13-32-20)14-19(18)25-21(30)15-3-6-17(7-4-15)23(9-11-31-12-10-23)22-26-28-29-27-22/h2-9,12-13,16-17H,10-11,14-15,27H2,1H3,(H,30,33);1-10,15H,11-14,27H2,(H,28,33)(H,29,30,31,32);1-8,11-12,15-16H,9-10,13-14,26H2,(H,29,31)(H,30,32);1-8,13-14H,9-12,24H2,(H,25,30)(H,26,27,28,29). The van der Waals surface area contributed by atoms with Crippen molar-refractivity contribution in [3.63, 3.8) is 0 Å². The Balaban J connectivity index is 0.000000124. The molecular weight excluding hydrogens is 1700 g/mol. The van der Waals surface area contributed by atoms with Crippen molar-refractivity contribution in [2.75, 3.05) is 97.1 Å². The molecule has 32 nitrogen and oxygen atoms in total. The lowest BCUT2D eigenvalue weighted by molar-refractivity contribution is 0.0596. The molecule has 0 unspecified atom stereocenters. The number of carbonyl (C=O) groups excluding carboxylic acids is 4. The number of hydrogen-bond acceptors (Lipinski definition) is 25. The van der Waals surface area contributed by atoms with Crippen molar-refractivity contribution in [3.05, 3.63) is 347 Å². The maximum Gasteiger partial charge on any atom is 0.255 e. The van der Waals surface area contributed by atoms with E-state index >= 15 is 0 Å². The van der Waals surface area contributed by atoms with Crippen LogP contribution in [0.5, 0.6) is 0 Å². The van der Waals surface area contributed by atoms with Gasteiger partial charge in [-0.2, -0.15) is 10.4 Å². The largest absolute Gasteiger partial charge is 0.397 e. The third-order valence-electron chi connectivity index (χ3n) is 24.7. The van der Waals surface area contributed by atoms with Gasteiger partial charge in [0.05, 0.1) is 91.4 Å². The SMILES string of the molecule is Cn1cc(-c2cnccn2)nc1C1(c2ccc(C(=O)Nc3ccccc3N)cc2)CCOCC1.Nc1ccc(-c2ccc(F)cc2)cc1NC(=O)c1ccc(C2(c3nn[nH]n3)CCOCC2)cc1.Nc1ccc(-c2cccs2)cc1NC(=O)c1ccc(C2(c3nn[nH]n3)CCOCC2)cc1.Nc1ccccc1NC(=O)c1ccc(C2(c3ncc(-c4cnccn4)[nH]3)CCOCC2)cc1. The number of hydrogen-bond donors (Lipinski definition) is 11. The number of amides is 4. The van der Waals surface area contributed by atoms with E-state index in [0.29, 0.717) is 132 Å². The molecule has 672 valence electrons. The van der Waals surface area contributed by atoms with Crippen LogP contribution in [-0.4, -0.2) is 157 Å². The third kappa shape index (κ3) is 19.9. The molecule has 4 saturated heterocycles. The third-order valence-corrected chi connectivity index (χ3v) is 25.7. The van der Waals surface area contributed by atoms with Crippen LogP contribution in [0.2, 0.25) is 0 Å². The number of aromatic amines is 3. The van der Waals surface area contributed by atoms with Crippen molar-refractivity contribution >= 4 is 80.5 Å². The predicted octanol–water partition coefficient (Wildman–Crippen LogP) is 15.4. The quantitative estimate of drug-likeness (QED) is 0.0316. The number of para-hydroxylation sites is 4. The molecule has 7 aromatic heterocycles. The number of imidazole rings is 2. The number of ether oxygens (including phenoxy) is 4. The van der Waals surface area contributed by atoms with Gasteiger partial charge >= 0.3 is 0 Å². The number of carbonyl (C=O) groups is 4. The van der Waals surface area contributed by atoms with E-state index in [1.54, 1.807) is 115 Å². The summed E-state index contributed by atoms with van der Waals surface area (Å²) in [5.74, 6) is 1.87. The molecule has 0 atom stereocenters. The zero-order valence-electron chi connectivity index (χ0n) is 72.5. The van der Waals surface area contributed by atoms with Crippen molar-refractivity contribution < 1.29 is 42.5 Å². The molecule has 0 spiro atoms. The van der Waals surface area contributed by atoms with Gasteiger partial charge in [0.2, 0.25) is 0 Å². The molecule has 9 aromatic carbocycles. The molecule has 0 saturated carbocycles. The summed E-state index contributed by atoms with van der Waals surface area (Å²) < 4.78 is 37.8. The maximum absolute atomic E-state index is 13.3. The molecule has 4 aliphatic rings. The lowest BCUT2D eigenvalue weighted by Crippen LogP contribution is -2.37. The van der Waals surface area contributed by atoms with Gasteiger partial charge in [0.1, 0.15) is 34.5 Å². The number of nitrogens with two attached hydrogens (primary N) is 4. The van der Waals surface area contributed by atoms with E-state index in [0.717, 1.165) is 130 Å². The number of nitrogens with one attached hydrogen (secondary N) is 7. The summed E-state index contributed by atoms with van der Waals surface area (Å²) in [5.41, 5.74) is 39.1. The van der Waals surface area contributed by atoms with E-state index in [9.17, 15) is 23.6 Å². The fourth-order valence-electron chi connectivity index (χ4n) is 17.3. The zero-order chi connectivity index (χ0) is 91.7. The Kier molecular flexibility index (Phi) is 27.2. The molecule has 15 N–H and O–H groups in total. The Bertz CT molecular complexity index is 6630.